The summed E-state index contributed by atoms with van der Waals surface area (Å²) in [7, 11) is 0. The van der Waals surface area contributed by atoms with Crippen LogP contribution in [0.5, 0.6) is 0 Å². The number of urea groups is 1. The third-order valence-electron chi connectivity index (χ3n) is 1.65. The van der Waals surface area contributed by atoms with Gasteiger partial charge in [0, 0.05) is 13.1 Å². The molecule has 0 aromatic heterocycles. The standard InChI is InChI=1S/C7H12N2O5/c10-6(11)5-14-8-7(12)9-1-3-13-4-2-9/h1-5H2,(H,8,12)(H,10,11). The van der Waals surface area contributed by atoms with E-state index in [-0.39, 0.29) is 0 Å². The molecule has 80 valence electrons. The second-order valence-electron chi connectivity index (χ2n) is 2.69. The third kappa shape index (κ3) is 3.58. The Morgan fingerprint density at radius 1 is 1.43 bits per heavy atom. The highest BCUT2D eigenvalue weighted by Crippen LogP contribution is 1.96. The summed E-state index contributed by atoms with van der Waals surface area (Å²) in [5.41, 5.74) is 2.03. The van der Waals surface area contributed by atoms with E-state index in [9.17, 15) is 9.59 Å². The van der Waals surface area contributed by atoms with Gasteiger partial charge in [-0.15, -0.1) is 0 Å². The van der Waals surface area contributed by atoms with Crippen molar-refractivity contribution in [3.8, 4) is 0 Å². The van der Waals surface area contributed by atoms with Crippen molar-refractivity contribution in [1.82, 2.24) is 10.4 Å². The zero-order valence-corrected chi connectivity index (χ0v) is 7.56. The van der Waals surface area contributed by atoms with Crippen LogP contribution in [0.2, 0.25) is 0 Å². The Labute approximate surface area is 80.5 Å². The predicted octanol–water partition coefficient (Wildman–Crippen LogP) is -0.956. The van der Waals surface area contributed by atoms with Gasteiger partial charge in [0.15, 0.2) is 6.61 Å². The van der Waals surface area contributed by atoms with Crippen LogP contribution < -0.4 is 5.48 Å². The van der Waals surface area contributed by atoms with E-state index < -0.39 is 18.6 Å². The van der Waals surface area contributed by atoms with Crippen LogP contribution in [-0.4, -0.2) is 54.9 Å². The Bertz CT molecular complexity index is 214. The van der Waals surface area contributed by atoms with Gasteiger partial charge in [-0.2, -0.15) is 0 Å². The number of nitrogens with zero attached hydrogens (tertiary/aromatic N) is 1. The smallest absolute Gasteiger partial charge is 0.341 e. The molecule has 0 radical (unpaired) electrons. The lowest BCUT2D eigenvalue weighted by Gasteiger charge is -2.26. The molecular formula is C7H12N2O5. The number of carboxylic acids is 1. The normalized spacial score (nSPS) is 16.4. The molecule has 0 aromatic carbocycles. The van der Waals surface area contributed by atoms with Crippen LogP contribution in [0.3, 0.4) is 0 Å². The SMILES string of the molecule is O=C(O)CONC(=O)N1CCOCC1. The van der Waals surface area contributed by atoms with Crippen LogP contribution in [0.4, 0.5) is 4.79 Å². The summed E-state index contributed by atoms with van der Waals surface area (Å²) in [6.45, 7) is 1.42. The van der Waals surface area contributed by atoms with Crippen LogP contribution in [0.15, 0.2) is 0 Å². The lowest BCUT2D eigenvalue weighted by atomic mass is 10.4. The summed E-state index contributed by atoms with van der Waals surface area (Å²) in [6.07, 6.45) is 0. The second-order valence-corrected chi connectivity index (χ2v) is 2.69. The molecule has 1 saturated heterocycles. The fourth-order valence-corrected chi connectivity index (χ4v) is 0.991. The molecule has 7 nitrogen and oxygen atoms in total. The van der Waals surface area contributed by atoms with Gasteiger partial charge in [0.1, 0.15) is 0 Å². The molecule has 1 rings (SSSR count). The van der Waals surface area contributed by atoms with Crippen molar-refractivity contribution in [3.63, 3.8) is 0 Å². The molecule has 1 heterocycles. The van der Waals surface area contributed by atoms with Crippen LogP contribution in [0.1, 0.15) is 0 Å². The first-order valence-corrected chi connectivity index (χ1v) is 4.16. The summed E-state index contributed by atoms with van der Waals surface area (Å²) in [6, 6.07) is -0.436. The highest BCUT2D eigenvalue weighted by molar-refractivity contribution is 5.73. The molecule has 1 fully saturated rings. The fraction of sp³-hybridized carbons (Fsp3) is 0.714. The van der Waals surface area contributed by atoms with Gasteiger partial charge in [-0.25, -0.2) is 15.1 Å². The van der Waals surface area contributed by atoms with Crippen molar-refractivity contribution in [2.75, 3.05) is 32.9 Å². The van der Waals surface area contributed by atoms with Crippen molar-refractivity contribution >= 4 is 12.0 Å². The van der Waals surface area contributed by atoms with Crippen molar-refractivity contribution < 1.29 is 24.3 Å². The van der Waals surface area contributed by atoms with Gasteiger partial charge in [0.2, 0.25) is 0 Å². The van der Waals surface area contributed by atoms with Gasteiger partial charge in [-0.1, -0.05) is 0 Å². The van der Waals surface area contributed by atoms with E-state index in [1.54, 1.807) is 0 Å². The van der Waals surface area contributed by atoms with E-state index in [1.807, 2.05) is 5.48 Å². The number of hydrogen-bond acceptors (Lipinski definition) is 4. The third-order valence-corrected chi connectivity index (χ3v) is 1.65. The van der Waals surface area contributed by atoms with E-state index in [1.165, 1.54) is 4.90 Å². The molecule has 0 aromatic rings. The molecule has 1 aliphatic rings. The van der Waals surface area contributed by atoms with E-state index in [0.717, 1.165) is 0 Å². The Hall–Kier alpha value is -1.34. The number of morpholine rings is 1. The summed E-state index contributed by atoms with van der Waals surface area (Å²) in [5.74, 6) is -1.13. The number of carboxylic acid groups (broad SMARTS) is 1. The fourth-order valence-electron chi connectivity index (χ4n) is 0.991. The minimum Gasteiger partial charge on any atom is -0.479 e. The second kappa shape index (κ2) is 5.40. The molecule has 2 N–H and O–H groups in total. The van der Waals surface area contributed by atoms with E-state index >= 15 is 0 Å². The van der Waals surface area contributed by atoms with Crippen LogP contribution in [0, 0.1) is 0 Å². The minimum atomic E-state index is -1.13. The quantitative estimate of drug-likeness (QED) is 0.578. The first kappa shape index (κ1) is 10.7. The highest BCUT2D eigenvalue weighted by Gasteiger charge is 2.16. The van der Waals surface area contributed by atoms with Gasteiger partial charge in [-0.3, -0.25) is 4.84 Å². The lowest BCUT2D eigenvalue weighted by molar-refractivity contribution is -0.144. The lowest BCUT2D eigenvalue weighted by Crippen LogP contribution is -2.46. The van der Waals surface area contributed by atoms with Crippen LogP contribution >= 0.6 is 0 Å². The Kier molecular flexibility index (Phi) is 4.14. The monoisotopic (exact) mass is 204 g/mol. The topological polar surface area (TPSA) is 88.1 Å². The minimum absolute atomic E-state index is 0.436. The number of hydrogen-bond donors (Lipinski definition) is 2. The molecule has 0 atom stereocenters. The molecule has 1 aliphatic heterocycles. The first-order chi connectivity index (χ1) is 6.70. The summed E-state index contributed by atoms with van der Waals surface area (Å²) >= 11 is 0. The number of nitrogens with one attached hydrogen (secondary N) is 1. The van der Waals surface area contributed by atoms with Crippen LogP contribution in [-0.2, 0) is 14.4 Å². The Morgan fingerprint density at radius 2 is 2.07 bits per heavy atom. The van der Waals surface area contributed by atoms with Gasteiger partial charge in [-0.05, 0) is 0 Å². The maximum atomic E-state index is 11.2. The number of amides is 2. The largest absolute Gasteiger partial charge is 0.479 e. The molecule has 0 unspecified atom stereocenters. The van der Waals surface area contributed by atoms with Gasteiger partial charge in [0.05, 0.1) is 13.2 Å². The molecular weight excluding hydrogens is 192 g/mol. The van der Waals surface area contributed by atoms with Gasteiger partial charge >= 0.3 is 12.0 Å². The number of carbonyl (C=O) groups excluding carboxylic acids is 1. The average molecular weight is 204 g/mol. The number of carbonyl (C=O) groups is 2. The molecule has 0 aliphatic carbocycles. The van der Waals surface area contributed by atoms with E-state index in [4.69, 9.17) is 9.84 Å². The van der Waals surface area contributed by atoms with E-state index in [0.29, 0.717) is 26.3 Å². The molecule has 0 saturated carbocycles. The van der Waals surface area contributed by atoms with Crippen molar-refractivity contribution in [3.05, 3.63) is 0 Å². The highest BCUT2D eigenvalue weighted by atomic mass is 16.7. The molecule has 7 heteroatoms. The van der Waals surface area contributed by atoms with Gasteiger partial charge < -0.3 is 14.7 Å². The van der Waals surface area contributed by atoms with Crippen molar-refractivity contribution in [1.29, 1.82) is 0 Å². The zero-order chi connectivity index (χ0) is 10.4. The summed E-state index contributed by atoms with van der Waals surface area (Å²) in [4.78, 5) is 27.2. The first-order valence-electron chi connectivity index (χ1n) is 4.16. The molecule has 2 amide bonds. The number of ether oxygens (including phenoxy) is 1. The molecule has 0 spiro atoms. The predicted molar refractivity (Wildman–Crippen MR) is 44.5 cm³/mol. The van der Waals surface area contributed by atoms with Crippen LogP contribution in [0.25, 0.3) is 0 Å². The molecule has 14 heavy (non-hydrogen) atoms. The Balaban J connectivity index is 2.16. The number of aliphatic carboxylic acids is 1. The Morgan fingerprint density at radius 3 is 2.64 bits per heavy atom. The summed E-state index contributed by atoms with van der Waals surface area (Å²) < 4.78 is 5.04. The number of hydroxylamine groups is 1. The average Bonchev–Trinajstić information content (AvgIpc) is 2.18. The maximum Gasteiger partial charge on any atom is 0.341 e. The van der Waals surface area contributed by atoms with Gasteiger partial charge in [0.25, 0.3) is 0 Å². The zero-order valence-electron chi connectivity index (χ0n) is 7.56. The molecule has 0 bridgehead atoms. The van der Waals surface area contributed by atoms with Crippen molar-refractivity contribution in [2.45, 2.75) is 0 Å². The maximum absolute atomic E-state index is 11.2. The summed E-state index contributed by atoms with van der Waals surface area (Å²) in [5, 5.41) is 8.23. The van der Waals surface area contributed by atoms with Crippen molar-refractivity contribution in [2.24, 2.45) is 0 Å². The number of rotatable bonds is 3. The van der Waals surface area contributed by atoms with E-state index in [2.05, 4.69) is 4.84 Å².